The molecule has 0 radical (unpaired) electrons. The van der Waals surface area contributed by atoms with E-state index in [1.807, 2.05) is 34.6 Å². The van der Waals surface area contributed by atoms with E-state index in [1.165, 1.54) is 4.90 Å². The number of urea groups is 1. The predicted octanol–water partition coefficient (Wildman–Crippen LogP) is 2.02. The summed E-state index contributed by atoms with van der Waals surface area (Å²) < 4.78 is 0. The minimum Gasteiger partial charge on any atom is -0.480 e. The Morgan fingerprint density at radius 1 is 1.29 bits per heavy atom. The minimum atomic E-state index is -0.995. The van der Waals surface area contributed by atoms with E-state index in [0.717, 1.165) is 6.42 Å². The Labute approximate surface area is 103 Å². The molecule has 0 spiro atoms. The molecule has 1 atom stereocenters. The van der Waals surface area contributed by atoms with E-state index in [1.54, 1.807) is 11.9 Å². The van der Waals surface area contributed by atoms with Gasteiger partial charge in [-0.05, 0) is 34.1 Å². The second-order valence-corrected chi connectivity index (χ2v) is 5.30. The van der Waals surface area contributed by atoms with Crippen molar-refractivity contribution in [2.45, 2.75) is 52.6 Å². The summed E-state index contributed by atoms with van der Waals surface area (Å²) in [4.78, 5) is 26.0. The molecule has 100 valence electrons. The molecule has 0 aliphatic rings. The van der Waals surface area contributed by atoms with Crippen LogP contribution < -0.4 is 0 Å². The lowest BCUT2D eigenvalue weighted by Crippen LogP contribution is -2.54. The highest BCUT2D eigenvalue weighted by atomic mass is 16.4. The lowest BCUT2D eigenvalue weighted by atomic mass is 10.1. The van der Waals surface area contributed by atoms with Gasteiger partial charge < -0.3 is 14.9 Å². The van der Waals surface area contributed by atoms with Crippen LogP contribution in [0.25, 0.3) is 0 Å². The van der Waals surface area contributed by atoms with Crippen molar-refractivity contribution < 1.29 is 14.7 Å². The molecule has 0 aromatic rings. The molecule has 0 aliphatic heterocycles. The number of rotatable bonds is 4. The average Bonchev–Trinajstić information content (AvgIpc) is 2.21. The smallest absolute Gasteiger partial charge is 0.323 e. The van der Waals surface area contributed by atoms with Gasteiger partial charge in [-0.2, -0.15) is 0 Å². The van der Waals surface area contributed by atoms with Crippen molar-refractivity contribution in [3.63, 3.8) is 0 Å². The molecule has 5 nitrogen and oxygen atoms in total. The first-order valence-electron chi connectivity index (χ1n) is 5.87. The van der Waals surface area contributed by atoms with Crippen LogP contribution in [-0.2, 0) is 4.79 Å². The maximum atomic E-state index is 12.2. The highest BCUT2D eigenvalue weighted by molar-refractivity contribution is 5.80. The number of carbonyl (C=O) groups excluding carboxylic acids is 1. The second-order valence-electron chi connectivity index (χ2n) is 5.30. The number of hydrogen-bond acceptors (Lipinski definition) is 2. The third-order valence-electron chi connectivity index (χ3n) is 2.89. The maximum absolute atomic E-state index is 12.2. The molecule has 0 saturated carbocycles. The van der Waals surface area contributed by atoms with Gasteiger partial charge in [0.25, 0.3) is 0 Å². The lowest BCUT2D eigenvalue weighted by molar-refractivity contribution is -0.138. The van der Waals surface area contributed by atoms with E-state index in [4.69, 9.17) is 5.11 Å². The zero-order valence-corrected chi connectivity index (χ0v) is 11.6. The third-order valence-corrected chi connectivity index (χ3v) is 2.89. The zero-order valence-electron chi connectivity index (χ0n) is 11.6. The Morgan fingerprint density at radius 3 is 2.06 bits per heavy atom. The van der Waals surface area contributed by atoms with Crippen LogP contribution in [0.2, 0.25) is 0 Å². The number of hydrogen-bond donors (Lipinski definition) is 1. The zero-order chi connectivity index (χ0) is 13.8. The van der Waals surface area contributed by atoms with E-state index >= 15 is 0 Å². The van der Waals surface area contributed by atoms with E-state index in [0.29, 0.717) is 0 Å². The molecule has 0 aliphatic carbocycles. The molecule has 0 saturated heterocycles. The summed E-state index contributed by atoms with van der Waals surface area (Å²) in [6.45, 7) is 9.16. The fourth-order valence-electron chi connectivity index (χ4n) is 1.38. The number of carboxylic acid groups (broad SMARTS) is 1. The summed E-state index contributed by atoms with van der Waals surface area (Å²) >= 11 is 0. The number of amides is 2. The number of carbonyl (C=O) groups is 2. The van der Waals surface area contributed by atoms with Gasteiger partial charge in [0.15, 0.2) is 0 Å². The van der Waals surface area contributed by atoms with E-state index in [2.05, 4.69) is 0 Å². The molecule has 0 rings (SSSR count). The molecular formula is C12H24N2O3. The quantitative estimate of drug-likeness (QED) is 0.823. The third kappa shape index (κ3) is 4.63. The Morgan fingerprint density at radius 2 is 1.76 bits per heavy atom. The largest absolute Gasteiger partial charge is 0.480 e. The fraction of sp³-hybridized carbons (Fsp3) is 0.833. The summed E-state index contributed by atoms with van der Waals surface area (Å²) in [6.07, 6.45) is 0.841. The molecule has 0 aromatic carbocycles. The van der Waals surface area contributed by atoms with Gasteiger partial charge in [-0.25, -0.2) is 4.79 Å². The molecular weight excluding hydrogens is 220 g/mol. The van der Waals surface area contributed by atoms with Crippen LogP contribution in [0.1, 0.15) is 41.0 Å². The van der Waals surface area contributed by atoms with E-state index < -0.39 is 11.5 Å². The van der Waals surface area contributed by atoms with Gasteiger partial charge in [-0.1, -0.05) is 6.92 Å². The highest BCUT2D eigenvalue weighted by Gasteiger charge is 2.31. The standard InChI is InChI=1S/C12H24N2O3/c1-7-9(2)13(6)11(17)14(8-10(15)16)12(3,4)5/h9H,7-8H2,1-6H3,(H,15,16). The van der Waals surface area contributed by atoms with Gasteiger partial charge in [-0.15, -0.1) is 0 Å². The molecule has 5 heteroatoms. The first kappa shape index (κ1) is 15.7. The van der Waals surface area contributed by atoms with Crippen molar-refractivity contribution in [1.29, 1.82) is 0 Å². The fourth-order valence-corrected chi connectivity index (χ4v) is 1.38. The summed E-state index contributed by atoms with van der Waals surface area (Å²) in [6, 6.07) is -0.143. The van der Waals surface area contributed by atoms with Crippen LogP contribution >= 0.6 is 0 Å². The van der Waals surface area contributed by atoms with Crippen LogP contribution in [0.3, 0.4) is 0 Å². The second kappa shape index (κ2) is 5.89. The summed E-state index contributed by atoms with van der Waals surface area (Å²) in [5, 5.41) is 8.86. The van der Waals surface area contributed by atoms with Gasteiger partial charge in [0, 0.05) is 18.6 Å². The molecule has 0 bridgehead atoms. The van der Waals surface area contributed by atoms with Crippen molar-refractivity contribution in [3.05, 3.63) is 0 Å². The van der Waals surface area contributed by atoms with Gasteiger partial charge in [-0.3, -0.25) is 4.79 Å². The van der Waals surface area contributed by atoms with Crippen molar-refractivity contribution in [1.82, 2.24) is 9.80 Å². The molecule has 17 heavy (non-hydrogen) atoms. The van der Waals surface area contributed by atoms with Crippen LogP contribution in [0.5, 0.6) is 0 Å². The van der Waals surface area contributed by atoms with Crippen LogP contribution in [0, 0.1) is 0 Å². The molecule has 0 fully saturated rings. The van der Waals surface area contributed by atoms with Crippen molar-refractivity contribution in [2.75, 3.05) is 13.6 Å². The minimum absolute atomic E-state index is 0.0983. The molecule has 1 N–H and O–H groups in total. The first-order chi connectivity index (χ1) is 7.61. The molecule has 1 unspecified atom stereocenters. The maximum Gasteiger partial charge on any atom is 0.323 e. The highest BCUT2D eigenvalue weighted by Crippen LogP contribution is 2.16. The van der Waals surface area contributed by atoms with Gasteiger partial charge in [0.1, 0.15) is 6.54 Å². The normalized spacial score (nSPS) is 13.1. The Balaban J connectivity index is 4.94. The number of nitrogens with zero attached hydrogens (tertiary/aromatic N) is 2. The molecule has 2 amide bonds. The Hall–Kier alpha value is -1.26. The van der Waals surface area contributed by atoms with Crippen molar-refractivity contribution >= 4 is 12.0 Å². The molecule has 0 aromatic heterocycles. The van der Waals surface area contributed by atoms with Crippen LogP contribution in [-0.4, -0.2) is 52.1 Å². The Bertz CT molecular complexity index is 284. The van der Waals surface area contributed by atoms with Gasteiger partial charge >= 0.3 is 12.0 Å². The van der Waals surface area contributed by atoms with E-state index in [-0.39, 0.29) is 18.6 Å². The summed E-state index contributed by atoms with van der Waals surface area (Å²) in [7, 11) is 1.71. The average molecular weight is 244 g/mol. The number of carboxylic acids is 1. The van der Waals surface area contributed by atoms with Crippen LogP contribution in [0.4, 0.5) is 4.79 Å². The van der Waals surface area contributed by atoms with Crippen molar-refractivity contribution in [3.8, 4) is 0 Å². The Kier molecular flexibility index (Phi) is 5.45. The first-order valence-corrected chi connectivity index (χ1v) is 5.87. The van der Waals surface area contributed by atoms with Crippen molar-refractivity contribution in [2.24, 2.45) is 0 Å². The number of aliphatic carboxylic acids is 1. The van der Waals surface area contributed by atoms with Gasteiger partial charge in [0.05, 0.1) is 0 Å². The summed E-state index contributed by atoms with van der Waals surface area (Å²) in [5.74, 6) is -0.995. The van der Waals surface area contributed by atoms with E-state index in [9.17, 15) is 9.59 Å². The topological polar surface area (TPSA) is 60.9 Å². The summed E-state index contributed by atoms with van der Waals surface area (Å²) in [5.41, 5.74) is -0.503. The van der Waals surface area contributed by atoms with Gasteiger partial charge in [0.2, 0.25) is 0 Å². The van der Waals surface area contributed by atoms with Crippen LogP contribution in [0.15, 0.2) is 0 Å². The lowest BCUT2D eigenvalue weighted by Gasteiger charge is -2.38. The monoisotopic (exact) mass is 244 g/mol. The molecule has 0 heterocycles. The predicted molar refractivity (Wildman–Crippen MR) is 67.0 cm³/mol. The SMILES string of the molecule is CCC(C)N(C)C(=O)N(CC(=O)O)C(C)(C)C.